The summed E-state index contributed by atoms with van der Waals surface area (Å²) >= 11 is 3.68. The minimum atomic E-state index is 0.767. The van der Waals surface area contributed by atoms with Crippen LogP contribution in [0.3, 0.4) is 0 Å². The second-order valence-electron chi connectivity index (χ2n) is 4.20. The maximum Gasteiger partial charge on any atom is 0.0507 e. The summed E-state index contributed by atoms with van der Waals surface area (Å²) in [6, 6.07) is 0. The molecule has 0 aliphatic carbocycles. The molecule has 0 aromatic carbocycles. The van der Waals surface area contributed by atoms with E-state index in [9.17, 15) is 0 Å². The van der Waals surface area contributed by atoms with Gasteiger partial charge in [0.2, 0.25) is 0 Å². The van der Waals surface area contributed by atoms with Crippen LogP contribution in [0.15, 0.2) is 0 Å². The van der Waals surface area contributed by atoms with Gasteiger partial charge in [0, 0.05) is 18.0 Å². The molecule has 0 bridgehead atoms. The Kier molecular flexibility index (Phi) is 3.64. The van der Waals surface area contributed by atoms with Gasteiger partial charge >= 0.3 is 0 Å². The number of rotatable bonds is 2. The highest BCUT2D eigenvalue weighted by Gasteiger charge is 2.22. The Balaban J connectivity index is 1.69. The second kappa shape index (κ2) is 4.76. The van der Waals surface area contributed by atoms with Crippen LogP contribution in [0.4, 0.5) is 0 Å². The summed E-state index contributed by atoms with van der Waals surface area (Å²) in [6.45, 7) is 5.78. The number of nitrogens with zero attached hydrogens (tertiary/aromatic N) is 1. The lowest BCUT2D eigenvalue weighted by Crippen LogP contribution is -2.37. The first-order valence-electron chi connectivity index (χ1n) is 5.29. The summed E-state index contributed by atoms with van der Waals surface area (Å²) in [6.07, 6.45) is 3.90. The van der Waals surface area contributed by atoms with Gasteiger partial charge in [-0.1, -0.05) is 15.9 Å². The molecule has 1 unspecified atom stereocenters. The van der Waals surface area contributed by atoms with Crippen LogP contribution >= 0.6 is 15.9 Å². The molecule has 2 saturated heterocycles. The molecule has 0 aromatic rings. The van der Waals surface area contributed by atoms with E-state index in [1.807, 2.05) is 0 Å². The third-order valence-corrected chi connectivity index (χ3v) is 3.97. The van der Waals surface area contributed by atoms with Gasteiger partial charge < -0.3 is 9.64 Å². The quantitative estimate of drug-likeness (QED) is 0.692. The molecule has 0 aromatic heterocycles. The number of piperidine rings is 1. The van der Waals surface area contributed by atoms with Crippen molar-refractivity contribution in [3.05, 3.63) is 0 Å². The summed E-state index contributed by atoms with van der Waals surface area (Å²) < 4.78 is 5.38. The fraction of sp³-hybridized carbons (Fsp3) is 1.00. The number of hydrogen-bond donors (Lipinski definition) is 0. The largest absolute Gasteiger partial charge is 0.381 e. The van der Waals surface area contributed by atoms with Crippen LogP contribution in [0.25, 0.3) is 0 Å². The molecule has 2 nitrogen and oxygen atoms in total. The van der Waals surface area contributed by atoms with E-state index in [2.05, 4.69) is 20.8 Å². The maximum absolute atomic E-state index is 5.38. The van der Waals surface area contributed by atoms with Gasteiger partial charge in [0.25, 0.3) is 0 Å². The van der Waals surface area contributed by atoms with Gasteiger partial charge in [0.15, 0.2) is 0 Å². The summed E-state index contributed by atoms with van der Waals surface area (Å²) in [7, 11) is 0. The zero-order valence-electron chi connectivity index (χ0n) is 8.04. The highest BCUT2D eigenvalue weighted by atomic mass is 79.9. The zero-order valence-corrected chi connectivity index (χ0v) is 9.63. The SMILES string of the molecule is BrC1CCN(CC2CCOC2)CC1. The molecular weight excluding hydrogens is 230 g/mol. The maximum atomic E-state index is 5.38. The molecule has 2 fully saturated rings. The van der Waals surface area contributed by atoms with Gasteiger partial charge in [-0.2, -0.15) is 0 Å². The molecule has 3 heteroatoms. The van der Waals surface area contributed by atoms with Gasteiger partial charge in [-0.15, -0.1) is 0 Å². The van der Waals surface area contributed by atoms with E-state index in [-0.39, 0.29) is 0 Å². The van der Waals surface area contributed by atoms with Gasteiger partial charge in [-0.3, -0.25) is 0 Å². The lowest BCUT2D eigenvalue weighted by Gasteiger charge is -2.30. The predicted octanol–water partition coefficient (Wildman–Crippen LogP) is 1.88. The molecular formula is C10H18BrNO. The third kappa shape index (κ3) is 2.93. The van der Waals surface area contributed by atoms with Gasteiger partial charge in [-0.25, -0.2) is 0 Å². The molecule has 2 rings (SSSR count). The van der Waals surface area contributed by atoms with Crippen LogP contribution in [-0.2, 0) is 4.74 Å². The molecule has 0 saturated carbocycles. The number of likely N-dealkylation sites (tertiary alicyclic amines) is 1. The Labute approximate surface area is 88.8 Å². The Morgan fingerprint density at radius 1 is 1.23 bits per heavy atom. The van der Waals surface area contributed by atoms with E-state index in [0.29, 0.717) is 0 Å². The molecule has 2 aliphatic heterocycles. The monoisotopic (exact) mass is 247 g/mol. The molecule has 13 heavy (non-hydrogen) atoms. The summed E-state index contributed by atoms with van der Waals surface area (Å²) in [4.78, 5) is 3.36. The average Bonchev–Trinajstić information content (AvgIpc) is 2.62. The summed E-state index contributed by atoms with van der Waals surface area (Å²) in [5.41, 5.74) is 0. The normalized spacial score (nSPS) is 32.5. The lowest BCUT2D eigenvalue weighted by molar-refractivity contribution is 0.158. The van der Waals surface area contributed by atoms with Gasteiger partial charge in [0.1, 0.15) is 0 Å². The van der Waals surface area contributed by atoms with Crippen molar-refractivity contribution in [3.63, 3.8) is 0 Å². The van der Waals surface area contributed by atoms with Crippen molar-refractivity contribution in [1.29, 1.82) is 0 Å². The zero-order chi connectivity index (χ0) is 9.10. The molecule has 2 heterocycles. The van der Waals surface area contributed by atoms with Crippen molar-refractivity contribution in [2.75, 3.05) is 32.8 Å². The fourth-order valence-electron chi connectivity index (χ4n) is 2.18. The van der Waals surface area contributed by atoms with Gasteiger partial charge in [-0.05, 0) is 38.3 Å². The van der Waals surface area contributed by atoms with E-state index in [4.69, 9.17) is 4.74 Å². The number of hydrogen-bond acceptors (Lipinski definition) is 2. The van der Waals surface area contributed by atoms with Crippen LogP contribution in [0.5, 0.6) is 0 Å². The Morgan fingerprint density at radius 2 is 2.00 bits per heavy atom. The molecule has 0 N–H and O–H groups in total. The lowest BCUT2D eigenvalue weighted by atomic mass is 10.1. The molecule has 76 valence electrons. The van der Waals surface area contributed by atoms with E-state index in [0.717, 1.165) is 24.0 Å². The van der Waals surface area contributed by atoms with Crippen molar-refractivity contribution >= 4 is 15.9 Å². The van der Waals surface area contributed by atoms with Crippen molar-refractivity contribution in [3.8, 4) is 0 Å². The summed E-state index contributed by atoms with van der Waals surface area (Å²) in [5, 5.41) is 0. The summed E-state index contributed by atoms with van der Waals surface area (Å²) in [5.74, 6) is 0.812. The van der Waals surface area contributed by atoms with E-state index < -0.39 is 0 Å². The second-order valence-corrected chi connectivity index (χ2v) is 5.50. The van der Waals surface area contributed by atoms with Gasteiger partial charge in [0.05, 0.1) is 6.61 Å². The van der Waals surface area contributed by atoms with Crippen LogP contribution in [-0.4, -0.2) is 42.6 Å². The smallest absolute Gasteiger partial charge is 0.0507 e. The minimum absolute atomic E-state index is 0.767. The van der Waals surface area contributed by atoms with Crippen LogP contribution in [0, 0.1) is 5.92 Å². The van der Waals surface area contributed by atoms with Crippen molar-refractivity contribution in [1.82, 2.24) is 4.90 Å². The van der Waals surface area contributed by atoms with E-state index >= 15 is 0 Å². The van der Waals surface area contributed by atoms with Crippen LogP contribution in [0.2, 0.25) is 0 Å². The molecule has 0 amide bonds. The van der Waals surface area contributed by atoms with Crippen LogP contribution < -0.4 is 0 Å². The van der Waals surface area contributed by atoms with Crippen molar-refractivity contribution in [2.24, 2.45) is 5.92 Å². The van der Waals surface area contributed by atoms with Crippen molar-refractivity contribution in [2.45, 2.75) is 24.1 Å². The number of halogens is 1. The minimum Gasteiger partial charge on any atom is -0.381 e. The van der Waals surface area contributed by atoms with Crippen LogP contribution in [0.1, 0.15) is 19.3 Å². The number of ether oxygens (including phenoxy) is 1. The Morgan fingerprint density at radius 3 is 2.62 bits per heavy atom. The Bertz CT molecular complexity index is 151. The first kappa shape index (κ1) is 9.94. The van der Waals surface area contributed by atoms with Crippen molar-refractivity contribution < 1.29 is 4.74 Å². The van der Waals surface area contributed by atoms with E-state index in [1.165, 1.54) is 38.9 Å². The molecule has 2 aliphatic rings. The first-order chi connectivity index (χ1) is 6.34. The topological polar surface area (TPSA) is 12.5 Å². The standard InChI is InChI=1S/C10H18BrNO/c11-10-1-4-12(5-2-10)7-9-3-6-13-8-9/h9-10H,1-8H2. The fourth-order valence-corrected chi connectivity index (χ4v) is 2.59. The molecule has 0 spiro atoms. The molecule has 1 atom stereocenters. The Hall–Kier alpha value is 0.400. The highest BCUT2D eigenvalue weighted by Crippen LogP contribution is 2.20. The third-order valence-electron chi connectivity index (χ3n) is 3.06. The highest BCUT2D eigenvalue weighted by molar-refractivity contribution is 9.09. The van der Waals surface area contributed by atoms with E-state index in [1.54, 1.807) is 0 Å². The first-order valence-corrected chi connectivity index (χ1v) is 6.20. The average molecular weight is 248 g/mol. The number of alkyl halides is 1. The molecule has 0 radical (unpaired) electrons. The predicted molar refractivity (Wildman–Crippen MR) is 57.3 cm³/mol.